The smallest absolute Gasteiger partial charge is 0.251 e. The Labute approximate surface area is 136 Å². The van der Waals surface area contributed by atoms with Crippen molar-refractivity contribution < 1.29 is 17.9 Å². The lowest BCUT2D eigenvalue weighted by Gasteiger charge is -2.34. The minimum Gasteiger partial charge on any atom is -0.368 e. The first-order chi connectivity index (χ1) is 11.0. The Hall–Kier alpha value is -1.47. The predicted molar refractivity (Wildman–Crippen MR) is 84.9 cm³/mol. The Balaban J connectivity index is 1.80. The maximum atomic E-state index is 12.5. The summed E-state index contributed by atoms with van der Waals surface area (Å²) in [6.45, 7) is 1.86. The molecule has 0 saturated carbocycles. The van der Waals surface area contributed by atoms with Crippen LogP contribution >= 0.6 is 0 Å². The van der Waals surface area contributed by atoms with Crippen molar-refractivity contribution in [2.75, 3.05) is 26.0 Å². The monoisotopic (exact) mass is 338 g/mol. The second-order valence-electron chi connectivity index (χ2n) is 6.28. The molecule has 0 spiro atoms. The maximum Gasteiger partial charge on any atom is 0.251 e. The number of piperidine rings is 1. The molecule has 1 aromatic heterocycles. The highest BCUT2D eigenvalue weighted by molar-refractivity contribution is 7.90. The molecule has 1 amide bonds. The second-order valence-corrected chi connectivity index (χ2v) is 8.27. The fourth-order valence-electron chi connectivity index (χ4n) is 3.40. The van der Waals surface area contributed by atoms with Gasteiger partial charge in [-0.1, -0.05) is 0 Å². The topological polar surface area (TPSA) is 76.6 Å². The molecule has 6 nitrogen and oxygen atoms in total. The van der Waals surface area contributed by atoms with Crippen molar-refractivity contribution in [3.8, 4) is 0 Å². The third-order valence-corrected chi connectivity index (χ3v) is 5.67. The quantitative estimate of drug-likeness (QED) is 0.832. The van der Waals surface area contributed by atoms with Crippen molar-refractivity contribution in [3.05, 3.63) is 24.0 Å². The summed E-state index contributed by atoms with van der Waals surface area (Å²) < 4.78 is 29.4. The van der Waals surface area contributed by atoms with Crippen LogP contribution in [0.3, 0.4) is 0 Å². The Bertz CT molecular complexity index is 683. The van der Waals surface area contributed by atoms with Crippen molar-refractivity contribution in [1.29, 1.82) is 0 Å². The van der Waals surface area contributed by atoms with E-state index in [1.807, 2.05) is 4.90 Å². The van der Waals surface area contributed by atoms with Gasteiger partial charge < -0.3 is 9.64 Å². The number of carbonyl (C=O) groups excluding carboxylic acids is 1. The van der Waals surface area contributed by atoms with Gasteiger partial charge in [-0.15, -0.1) is 0 Å². The number of likely N-dealkylation sites (tertiary alicyclic amines) is 1. The van der Waals surface area contributed by atoms with Crippen LogP contribution in [-0.2, 0) is 19.4 Å². The lowest BCUT2D eigenvalue weighted by Crippen LogP contribution is -2.44. The lowest BCUT2D eigenvalue weighted by atomic mass is 9.93. The molecular weight excluding hydrogens is 316 g/mol. The first-order valence-electron chi connectivity index (χ1n) is 8.02. The molecule has 3 heterocycles. The highest BCUT2D eigenvalue weighted by Crippen LogP contribution is 2.30. The minimum absolute atomic E-state index is 0.0315. The van der Waals surface area contributed by atoms with Gasteiger partial charge in [0.2, 0.25) is 0 Å². The van der Waals surface area contributed by atoms with Gasteiger partial charge in [0.15, 0.2) is 9.84 Å². The summed E-state index contributed by atoms with van der Waals surface area (Å²) in [5.74, 6) is -0.0101. The molecule has 0 bridgehead atoms. The number of carbonyl (C=O) groups is 1. The zero-order chi connectivity index (χ0) is 16.4. The van der Waals surface area contributed by atoms with E-state index in [0.29, 0.717) is 25.4 Å². The number of aromatic nitrogens is 1. The second kappa shape index (κ2) is 6.57. The van der Waals surface area contributed by atoms with Crippen LogP contribution in [0.25, 0.3) is 0 Å². The molecule has 1 aromatic rings. The van der Waals surface area contributed by atoms with Gasteiger partial charge in [-0.25, -0.2) is 8.42 Å². The molecule has 0 radical (unpaired) electrons. The van der Waals surface area contributed by atoms with E-state index in [-0.39, 0.29) is 22.8 Å². The summed E-state index contributed by atoms with van der Waals surface area (Å²) in [7, 11) is -3.33. The van der Waals surface area contributed by atoms with Crippen LogP contribution in [-0.4, -0.2) is 56.3 Å². The van der Waals surface area contributed by atoms with Crippen molar-refractivity contribution in [1.82, 2.24) is 9.88 Å². The zero-order valence-electron chi connectivity index (χ0n) is 13.3. The minimum atomic E-state index is -3.33. The molecule has 3 rings (SSSR count). The molecule has 2 aliphatic heterocycles. The molecule has 7 heteroatoms. The predicted octanol–water partition coefficient (Wildman–Crippen LogP) is 1.37. The van der Waals surface area contributed by atoms with Gasteiger partial charge in [-0.05, 0) is 37.8 Å². The van der Waals surface area contributed by atoms with Crippen LogP contribution in [0.15, 0.2) is 23.2 Å². The fraction of sp³-hybridized carbons (Fsp3) is 0.625. The van der Waals surface area contributed by atoms with E-state index in [0.717, 1.165) is 25.7 Å². The van der Waals surface area contributed by atoms with Gasteiger partial charge in [0.25, 0.3) is 5.91 Å². The number of hydrogen-bond donors (Lipinski definition) is 0. The van der Waals surface area contributed by atoms with Gasteiger partial charge in [-0.3, -0.25) is 9.78 Å². The van der Waals surface area contributed by atoms with E-state index in [1.165, 1.54) is 6.26 Å². The molecule has 2 atom stereocenters. The van der Waals surface area contributed by atoms with Crippen LogP contribution in [0.5, 0.6) is 0 Å². The Morgan fingerprint density at radius 2 is 2.17 bits per heavy atom. The van der Waals surface area contributed by atoms with Crippen LogP contribution in [0.1, 0.15) is 37.3 Å². The van der Waals surface area contributed by atoms with Crippen molar-refractivity contribution in [2.24, 2.45) is 0 Å². The zero-order valence-corrected chi connectivity index (χ0v) is 14.1. The van der Waals surface area contributed by atoms with E-state index in [1.54, 1.807) is 18.3 Å². The number of sulfone groups is 1. The molecule has 2 unspecified atom stereocenters. The van der Waals surface area contributed by atoms with Crippen molar-refractivity contribution in [3.63, 3.8) is 0 Å². The van der Waals surface area contributed by atoms with E-state index in [4.69, 9.17) is 4.74 Å². The number of nitrogens with zero attached hydrogens (tertiary/aromatic N) is 2. The number of rotatable bonds is 3. The molecule has 126 valence electrons. The molecule has 23 heavy (non-hydrogen) atoms. The van der Waals surface area contributed by atoms with Gasteiger partial charge in [0, 0.05) is 38.1 Å². The average molecular weight is 338 g/mol. The van der Waals surface area contributed by atoms with Gasteiger partial charge in [0.1, 0.15) is 6.10 Å². The molecule has 2 saturated heterocycles. The Morgan fingerprint density at radius 3 is 2.87 bits per heavy atom. The summed E-state index contributed by atoms with van der Waals surface area (Å²) >= 11 is 0. The van der Waals surface area contributed by atoms with Gasteiger partial charge >= 0.3 is 0 Å². The average Bonchev–Trinajstić information content (AvgIpc) is 3.08. The molecular formula is C16H22N2O4S. The summed E-state index contributed by atoms with van der Waals surface area (Å²) in [6.07, 6.45) is 5.88. The third-order valence-electron chi connectivity index (χ3n) is 4.52. The molecule has 0 N–H and O–H groups in total. The van der Waals surface area contributed by atoms with Crippen LogP contribution in [0.2, 0.25) is 0 Å². The summed E-state index contributed by atoms with van der Waals surface area (Å²) in [5, 5.41) is 0. The summed E-state index contributed by atoms with van der Waals surface area (Å²) in [4.78, 5) is 18.9. The molecule has 2 aliphatic rings. The highest BCUT2D eigenvalue weighted by Gasteiger charge is 2.33. The molecule has 0 aromatic carbocycles. The number of hydrogen-bond acceptors (Lipinski definition) is 5. The molecule has 0 aliphatic carbocycles. The standard InChI is InChI=1S/C16H22N2O4S/c1-23(20,21)14-7-2-8-17-15(14)12-5-3-9-18(11-12)16(19)13-6-4-10-22-13/h2,7-8,12-13H,3-6,9-11H2,1H3. The number of ether oxygens (including phenoxy) is 1. The normalized spacial score (nSPS) is 25.5. The molecule has 2 fully saturated rings. The Kier molecular flexibility index (Phi) is 4.68. The van der Waals surface area contributed by atoms with Gasteiger partial charge in [-0.2, -0.15) is 0 Å². The number of amides is 1. The largest absolute Gasteiger partial charge is 0.368 e. The van der Waals surface area contributed by atoms with Gasteiger partial charge in [0.05, 0.1) is 10.6 Å². The van der Waals surface area contributed by atoms with Crippen molar-refractivity contribution in [2.45, 2.75) is 42.6 Å². The first kappa shape index (κ1) is 16.4. The fourth-order valence-corrected chi connectivity index (χ4v) is 4.32. The van der Waals surface area contributed by atoms with E-state index < -0.39 is 9.84 Å². The Morgan fingerprint density at radius 1 is 1.35 bits per heavy atom. The highest BCUT2D eigenvalue weighted by atomic mass is 32.2. The lowest BCUT2D eigenvalue weighted by molar-refractivity contribution is -0.142. The van der Waals surface area contributed by atoms with Crippen LogP contribution in [0, 0.1) is 0 Å². The first-order valence-corrected chi connectivity index (χ1v) is 9.91. The summed E-state index contributed by atoms with van der Waals surface area (Å²) in [5.41, 5.74) is 0.583. The van der Waals surface area contributed by atoms with Crippen molar-refractivity contribution >= 4 is 15.7 Å². The van der Waals surface area contributed by atoms with E-state index in [2.05, 4.69) is 4.98 Å². The van der Waals surface area contributed by atoms with E-state index in [9.17, 15) is 13.2 Å². The third kappa shape index (κ3) is 3.55. The van der Waals surface area contributed by atoms with E-state index >= 15 is 0 Å². The SMILES string of the molecule is CS(=O)(=O)c1cccnc1C1CCCN(C(=O)C2CCCO2)C1. The number of pyridine rings is 1. The maximum absolute atomic E-state index is 12.5. The van der Waals surface area contributed by atoms with Crippen LogP contribution in [0.4, 0.5) is 0 Å². The van der Waals surface area contributed by atoms with Crippen LogP contribution < -0.4 is 0 Å². The summed E-state index contributed by atoms with van der Waals surface area (Å²) in [6, 6.07) is 3.23.